The summed E-state index contributed by atoms with van der Waals surface area (Å²) in [4.78, 5) is 22.2. The van der Waals surface area contributed by atoms with E-state index in [1.54, 1.807) is 0 Å². The first kappa shape index (κ1) is 16.2. The Hall–Kier alpha value is -1.84. The highest BCUT2D eigenvalue weighted by atomic mass is 16.6. The molecule has 1 aromatic rings. The molecule has 1 aromatic carbocycles. The van der Waals surface area contributed by atoms with Crippen LogP contribution in [0.15, 0.2) is 18.2 Å². The lowest BCUT2D eigenvalue weighted by atomic mass is 10.0. The lowest BCUT2D eigenvalue weighted by molar-refractivity contribution is -0.107. The van der Waals surface area contributed by atoms with Crippen molar-refractivity contribution in [2.24, 2.45) is 0 Å². The van der Waals surface area contributed by atoms with E-state index in [0.29, 0.717) is 6.42 Å². The highest BCUT2D eigenvalue weighted by Gasteiger charge is 2.17. The van der Waals surface area contributed by atoms with E-state index < -0.39 is 11.7 Å². The molecule has 1 amide bonds. The minimum atomic E-state index is -0.514. The molecule has 0 atom stereocenters. The van der Waals surface area contributed by atoms with Crippen molar-refractivity contribution in [2.45, 2.75) is 52.6 Å². The Labute approximate surface area is 120 Å². The Morgan fingerprint density at radius 3 is 2.60 bits per heavy atom. The van der Waals surface area contributed by atoms with Gasteiger partial charge in [0.2, 0.25) is 0 Å². The van der Waals surface area contributed by atoms with Crippen molar-refractivity contribution in [3.63, 3.8) is 0 Å². The fourth-order valence-electron chi connectivity index (χ4n) is 1.86. The highest BCUT2D eigenvalue weighted by Crippen LogP contribution is 2.20. The molecule has 0 radical (unpaired) electrons. The minimum absolute atomic E-state index is 0.451. The predicted molar refractivity (Wildman–Crippen MR) is 80.1 cm³/mol. The molecule has 0 aromatic heterocycles. The number of ether oxygens (including phenoxy) is 1. The Bertz CT molecular complexity index is 475. The second kappa shape index (κ2) is 7.08. The third-order valence-corrected chi connectivity index (χ3v) is 2.74. The Kier molecular flexibility index (Phi) is 5.74. The van der Waals surface area contributed by atoms with Gasteiger partial charge in [-0.3, -0.25) is 5.32 Å². The number of hydrogen-bond acceptors (Lipinski definition) is 3. The maximum Gasteiger partial charge on any atom is 0.412 e. The van der Waals surface area contributed by atoms with Gasteiger partial charge in [-0.25, -0.2) is 4.79 Å². The largest absolute Gasteiger partial charge is 0.444 e. The summed E-state index contributed by atoms with van der Waals surface area (Å²) < 4.78 is 5.24. The molecule has 0 aliphatic carbocycles. The number of amides is 1. The molecule has 0 aliphatic rings. The minimum Gasteiger partial charge on any atom is -0.444 e. The van der Waals surface area contributed by atoms with Crippen molar-refractivity contribution in [3.05, 3.63) is 29.3 Å². The maximum atomic E-state index is 11.8. The van der Waals surface area contributed by atoms with E-state index in [4.69, 9.17) is 4.74 Å². The number of benzene rings is 1. The third kappa shape index (κ3) is 5.43. The summed E-state index contributed by atoms with van der Waals surface area (Å²) in [6.07, 6.45) is 2.51. The number of rotatable bonds is 5. The molecule has 0 heterocycles. The second-order valence-electron chi connectivity index (χ2n) is 5.68. The van der Waals surface area contributed by atoms with Crippen LogP contribution in [0.3, 0.4) is 0 Å². The van der Waals surface area contributed by atoms with Gasteiger partial charge >= 0.3 is 6.09 Å². The van der Waals surface area contributed by atoms with Crippen LogP contribution in [0.5, 0.6) is 0 Å². The second-order valence-corrected chi connectivity index (χ2v) is 5.68. The molecule has 4 heteroatoms. The molecule has 0 aliphatic heterocycles. The van der Waals surface area contributed by atoms with E-state index in [1.807, 2.05) is 45.9 Å². The average Bonchev–Trinajstić information content (AvgIpc) is 2.35. The number of hydrogen-bond donors (Lipinski definition) is 1. The van der Waals surface area contributed by atoms with Crippen LogP contribution >= 0.6 is 0 Å². The topological polar surface area (TPSA) is 55.4 Å². The van der Waals surface area contributed by atoms with Crippen LogP contribution in [0.2, 0.25) is 0 Å². The summed E-state index contributed by atoms with van der Waals surface area (Å²) >= 11 is 0. The number of carbonyl (C=O) groups is 2. The summed E-state index contributed by atoms with van der Waals surface area (Å²) in [5, 5.41) is 2.77. The summed E-state index contributed by atoms with van der Waals surface area (Å²) in [5.41, 5.74) is 2.39. The molecule has 0 bridgehead atoms. The first-order valence-electron chi connectivity index (χ1n) is 6.91. The number of aryl methyl sites for hydroxylation is 2. The molecule has 110 valence electrons. The van der Waals surface area contributed by atoms with E-state index in [1.165, 1.54) is 0 Å². The summed E-state index contributed by atoms with van der Waals surface area (Å²) in [5.74, 6) is 0. The van der Waals surface area contributed by atoms with Gasteiger partial charge < -0.3 is 9.53 Å². The summed E-state index contributed by atoms with van der Waals surface area (Å²) in [6.45, 7) is 7.51. The predicted octanol–water partition coefficient (Wildman–Crippen LogP) is 3.73. The molecule has 1 rings (SSSR count). The van der Waals surface area contributed by atoms with Crippen LogP contribution in [0, 0.1) is 0 Å². The zero-order valence-electron chi connectivity index (χ0n) is 12.7. The number of nitrogens with one attached hydrogen (secondary N) is 1. The molecular formula is C16H23NO3. The molecule has 20 heavy (non-hydrogen) atoms. The molecule has 0 spiro atoms. The molecule has 0 saturated carbocycles. The quantitative estimate of drug-likeness (QED) is 0.834. The van der Waals surface area contributed by atoms with E-state index in [0.717, 1.165) is 35.9 Å². The van der Waals surface area contributed by atoms with Crippen molar-refractivity contribution in [1.29, 1.82) is 0 Å². The molecule has 0 saturated heterocycles. The van der Waals surface area contributed by atoms with Gasteiger partial charge in [-0.05, 0) is 50.8 Å². The highest BCUT2D eigenvalue weighted by molar-refractivity contribution is 5.86. The first-order valence-corrected chi connectivity index (χ1v) is 6.91. The monoisotopic (exact) mass is 277 g/mol. The van der Waals surface area contributed by atoms with E-state index in [-0.39, 0.29) is 0 Å². The lowest BCUT2D eigenvalue weighted by Gasteiger charge is -2.20. The van der Waals surface area contributed by atoms with E-state index in [2.05, 4.69) is 5.32 Å². The smallest absolute Gasteiger partial charge is 0.412 e. The number of anilines is 1. The molecule has 1 N–H and O–H groups in total. The van der Waals surface area contributed by atoms with Crippen molar-refractivity contribution in [2.75, 3.05) is 5.32 Å². The fourth-order valence-corrected chi connectivity index (χ4v) is 1.86. The zero-order chi connectivity index (χ0) is 15.2. The van der Waals surface area contributed by atoms with Crippen molar-refractivity contribution in [3.8, 4) is 0 Å². The first-order chi connectivity index (χ1) is 9.35. The van der Waals surface area contributed by atoms with Crippen LogP contribution in [0.1, 0.15) is 45.2 Å². The van der Waals surface area contributed by atoms with E-state index >= 15 is 0 Å². The number of carbonyl (C=O) groups excluding carboxylic acids is 2. The van der Waals surface area contributed by atoms with Crippen molar-refractivity contribution in [1.82, 2.24) is 0 Å². The standard InChI is InChI=1S/C16H23NO3/c1-5-13-11-12(7-6-10-18)8-9-14(13)17-15(19)20-16(2,3)4/h8-11H,5-7H2,1-4H3,(H,17,19). The van der Waals surface area contributed by atoms with Gasteiger partial charge in [0.1, 0.15) is 11.9 Å². The van der Waals surface area contributed by atoms with Gasteiger partial charge in [-0.1, -0.05) is 19.1 Å². The van der Waals surface area contributed by atoms with Crippen molar-refractivity contribution >= 4 is 18.1 Å². The van der Waals surface area contributed by atoms with Crippen molar-refractivity contribution < 1.29 is 14.3 Å². The van der Waals surface area contributed by atoms with E-state index in [9.17, 15) is 9.59 Å². The maximum absolute atomic E-state index is 11.8. The average molecular weight is 277 g/mol. The van der Waals surface area contributed by atoms with Gasteiger partial charge in [0.15, 0.2) is 0 Å². The summed E-state index contributed by atoms with van der Waals surface area (Å²) in [7, 11) is 0. The molecule has 0 unspecified atom stereocenters. The van der Waals surface area contributed by atoms with Gasteiger partial charge in [-0.2, -0.15) is 0 Å². The fraction of sp³-hybridized carbons (Fsp3) is 0.500. The zero-order valence-corrected chi connectivity index (χ0v) is 12.7. The molecular weight excluding hydrogens is 254 g/mol. The van der Waals surface area contributed by atoms with Gasteiger partial charge in [-0.15, -0.1) is 0 Å². The Balaban J connectivity index is 2.79. The van der Waals surface area contributed by atoms with Gasteiger partial charge in [0.05, 0.1) is 0 Å². The van der Waals surface area contributed by atoms with Crippen LogP contribution in [0.4, 0.5) is 10.5 Å². The van der Waals surface area contributed by atoms with Gasteiger partial charge in [0.25, 0.3) is 0 Å². The Morgan fingerprint density at radius 2 is 2.05 bits per heavy atom. The molecule has 0 fully saturated rings. The van der Waals surface area contributed by atoms with Crippen LogP contribution in [-0.4, -0.2) is 18.0 Å². The summed E-state index contributed by atoms with van der Waals surface area (Å²) in [6, 6.07) is 5.81. The molecule has 4 nitrogen and oxygen atoms in total. The SMILES string of the molecule is CCc1cc(CCC=O)ccc1NC(=O)OC(C)(C)C. The van der Waals surface area contributed by atoms with Crippen LogP contribution in [0.25, 0.3) is 0 Å². The Morgan fingerprint density at radius 1 is 1.35 bits per heavy atom. The van der Waals surface area contributed by atoms with Crippen LogP contribution in [-0.2, 0) is 22.4 Å². The lowest BCUT2D eigenvalue weighted by Crippen LogP contribution is -2.27. The normalized spacial score (nSPS) is 11.0. The third-order valence-electron chi connectivity index (χ3n) is 2.74. The number of aldehydes is 1. The van der Waals surface area contributed by atoms with Gasteiger partial charge in [0, 0.05) is 12.1 Å². The van der Waals surface area contributed by atoms with Crippen LogP contribution < -0.4 is 5.32 Å².